The number of nitrogens with one attached hydrogen (secondary N) is 2. The maximum absolute atomic E-state index is 13.8. The van der Waals surface area contributed by atoms with Gasteiger partial charge in [0.15, 0.2) is 5.01 Å². The van der Waals surface area contributed by atoms with Gasteiger partial charge in [-0.3, -0.25) is 0 Å². The summed E-state index contributed by atoms with van der Waals surface area (Å²) in [7, 11) is 0. The summed E-state index contributed by atoms with van der Waals surface area (Å²) in [6, 6.07) is 5.32. The smallest absolute Gasteiger partial charge is 0.358 e. The van der Waals surface area contributed by atoms with Crippen molar-refractivity contribution in [3.8, 4) is 10.7 Å². The normalized spacial score (nSPS) is 19.7. The fraction of sp³-hybridized carbons (Fsp3) is 0.476. The molecule has 0 amide bonds. The van der Waals surface area contributed by atoms with Gasteiger partial charge < -0.3 is 10.6 Å². The Morgan fingerprint density at radius 1 is 1.19 bits per heavy atom. The molecule has 2 fully saturated rings. The Labute approximate surface area is 186 Å². The van der Waals surface area contributed by atoms with Gasteiger partial charge in [0.05, 0.1) is 11.1 Å². The first kappa shape index (κ1) is 21.0. The quantitative estimate of drug-likeness (QED) is 0.548. The molecular weight excluding hydrogens is 443 g/mol. The molecule has 1 unspecified atom stereocenters. The Hall–Kier alpha value is -1.91. The third-order valence-electron chi connectivity index (χ3n) is 5.64. The fourth-order valence-electron chi connectivity index (χ4n) is 3.85. The maximum Gasteiger partial charge on any atom is 0.418 e. The Kier molecular flexibility index (Phi) is 5.56. The van der Waals surface area contributed by atoms with Gasteiger partial charge in [-0.15, -0.1) is 10.2 Å². The van der Waals surface area contributed by atoms with Gasteiger partial charge >= 0.3 is 6.18 Å². The highest BCUT2D eigenvalue weighted by Gasteiger charge is 2.36. The van der Waals surface area contributed by atoms with Crippen molar-refractivity contribution < 1.29 is 13.2 Å². The molecule has 2 aliphatic rings. The number of benzene rings is 1. The largest absolute Gasteiger partial charge is 0.418 e. The van der Waals surface area contributed by atoms with Gasteiger partial charge in [-0.2, -0.15) is 24.9 Å². The lowest BCUT2D eigenvalue weighted by Crippen LogP contribution is -2.42. The predicted molar refractivity (Wildman–Crippen MR) is 120 cm³/mol. The number of nitrogens with zero attached hydrogens (tertiary/aromatic N) is 3. The molecule has 0 bridgehead atoms. The molecule has 5 rings (SSSR count). The summed E-state index contributed by atoms with van der Waals surface area (Å²) >= 11 is 3.23. The van der Waals surface area contributed by atoms with Crippen LogP contribution in [0.3, 0.4) is 0 Å². The maximum atomic E-state index is 13.8. The summed E-state index contributed by atoms with van der Waals surface area (Å²) in [6.07, 6.45) is -2.56. The minimum Gasteiger partial charge on any atom is -0.358 e. The van der Waals surface area contributed by atoms with Gasteiger partial charge in [-0.25, -0.2) is 4.98 Å². The molecule has 3 heterocycles. The van der Waals surface area contributed by atoms with Crippen LogP contribution in [0.1, 0.15) is 35.4 Å². The van der Waals surface area contributed by atoms with E-state index >= 15 is 0 Å². The molecule has 164 valence electrons. The Morgan fingerprint density at radius 2 is 2.03 bits per heavy atom. The number of halogens is 3. The number of hydrogen-bond acceptors (Lipinski definition) is 7. The topological polar surface area (TPSA) is 62.7 Å². The van der Waals surface area contributed by atoms with Crippen LogP contribution in [0.15, 0.2) is 18.2 Å². The Bertz CT molecular complexity index is 1100. The molecule has 1 saturated carbocycles. The summed E-state index contributed by atoms with van der Waals surface area (Å²) < 4.78 is 41.5. The van der Waals surface area contributed by atoms with E-state index in [9.17, 15) is 13.2 Å². The number of alkyl halides is 3. The molecule has 3 aromatic rings. The van der Waals surface area contributed by atoms with Gasteiger partial charge in [0.25, 0.3) is 0 Å². The lowest BCUT2D eigenvalue weighted by Gasteiger charge is -2.22. The summed E-state index contributed by atoms with van der Waals surface area (Å²) in [6.45, 7) is 3.55. The standard InChI is InChI=1S/C21H22F3N5S2/c1-11-6-17(19-28-29-20(31-19)26-9-14-10-30-5-4-25-14)27-18-15(11)7-13(12-2-3-12)8-16(18)21(22,23)24/h6-8,12,14,25H,2-5,9-10H2,1H3,(H,26,29). The molecule has 1 atom stereocenters. The second-order valence-corrected chi connectivity index (χ2v) is 10.2. The number of rotatable bonds is 5. The summed E-state index contributed by atoms with van der Waals surface area (Å²) in [5.74, 6) is 2.39. The Balaban J connectivity index is 1.46. The van der Waals surface area contributed by atoms with Gasteiger partial charge in [0, 0.05) is 36.0 Å². The molecule has 2 aromatic heterocycles. The zero-order chi connectivity index (χ0) is 21.6. The van der Waals surface area contributed by atoms with Crippen LogP contribution in [-0.4, -0.2) is 45.8 Å². The second kappa shape index (κ2) is 8.22. The zero-order valence-corrected chi connectivity index (χ0v) is 18.6. The fourth-order valence-corrected chi connectivity index (χ4v) is 5.51. The highest BCUT2D eigenvalue weighted by Crippen LogP contribution is 2.45. The molecule has 1 aliphatic carbocycles. The second-order valence-electron chi connectivity index (χ2n) is 8.08. The van der Waals surface area contributed by atoms with Crippen molar-refractivity contribution in [1.29, 1.82) is 0 Å². The summed E-state index contributed by atoms with van der Waals surface area (Å²) in [5, 5.41) is 16.8. The summed E-state index contributed by atoms with van der Waals surface area (Å²) in [4.78, 5) is 4.40. The van der Waals surface area contributed by atoms with Crippen LogP contribution in [0.25, 0.3) is 21.6 Å². The predicted octanol–water partition coefficient (Wildman–Crippen LogP) is 5.07. The lowest BCUT2D eigenvalue weighted by molar-refractivity contribution is -0.136. The van der Waals surface area contributed by atoms with E-state index in [1.165, 1.54) is 17.4 Å². The van der Waals surface area contributed by atoms with Crippen molar-refractivity contribution in [3.63, 3.8) is 0 Å². The van der Waals surface area contributed by atoms with Crippen molar-refractivity contribution in [1.82, 2.24) is 20.5 Å². The molecule has 0 spiro atoms. The van der Waals surface area contributed by atoms with Gasteiger partial charge in [-0.05, 0) is 55.0 Å². The molecule has 10 heteroatoms. The molecule has 1 saturated heterocycles. The zero-order valence-electron chi connectivity index (χ0n) is 16.9. The third kappa shape index (κ3) is 4.51. The van der Waals surface area contributed by atoms with Crippen molar-refractivity contribution in [2.24, 2.45) is 0 Å². The number of aromatic nitrogens is 3. The van der Waals surface area contributed by atoms with E-state index in [-0.39, 0.29) is 11.4 Å². The third-order valence-corrected chi connectivity index (χ3v) is 7.67. The van der Waals surface area contributed by atoms with Gasteiger partial charge in [0.1, 0.15) is 5.69 Å². The van der Waals surface area contributed by atoms with E-state index in [1.807, 2.05) is 30.8 Å². The van der Waals surface area contributed by atoms with Gasteiger partial charge in [0.2, 0.25) is 5.13 Å². The average molecular weight is 466 g/mol. The molecule has 1 aromatic carbocycles. The SMILES string of the molecule is Cc1cc(-c2nnc(NCC3CSCCN3)s2)nc2c(C(F)(F)F)cc(C3CC3)cc12. The van der Waals surface area contributed by atoms with Crippen LogP contribution in [0.2, 0.25) is 0 Å². The van der Waals surface area contributed by atoms with E-state index in [1.54, 1.807) is 0 Å². The average Bonchev–Trinajstić information content (AvgIpc) is 3.49. The Morgan fingerprint density at radius 3 is 2.74 bits per heavy atom. The van der Waals surface area contributed by atoms with E-state index in [0.29, 0.717) is 27.3 Å². The number of anilines is 1. The van der Waals surface area contributed by atoms with Crippen molar-refractivity contribution in [2.75, 3.05) is 29.9 Å². The highest BCUT2D eigenvalue weighted by atomic mass is 32.2. The number of hydrogen-bond donors (Lipinski definition) is 2. The van der Waals surface area contributed by atoms with Crippen LogP contribution >= 0.6 is 23.1 Å². The van der Waals surface area contributed by atoms with Crippen molar-refractivity contribution >= 4 is 39.1 Å². The minimum atomic E-state index is -4.46. The number of thioether (sulfide) groups is 1. The number of fused-ring (bicyclic) bond motifs is 1. The van der Waals surface area contributed by atoms with E-state index in [0.717, 1.165) is 48.6 Å². The van der Waals surface area contributed by atoms with Gasteiger partial charge in [-0.1, -0.05) is 11.3 Å². The molecule has 1 aliphatic heterocycles. The van der Waals surface area contributed by atoms with Crippen LogP contribution < -0.4 is 10.6 Å². The number of aryl methyl sites for hydroxylation is 1. The summed E-state index contributed by atoms with van der Waals surface area (Å²) in [5.41, 5.74) is 1.27. The highest BCUT2D eigenvalue weighted by molar-refractivity contribution is 7.99. The van der Waals surface area contributed by atoms with Crippen molar-refractivity contribution in [2.45, 2.75) is 37.9 Å². The molecule has 5 nitrogen and oxygen atoms in total. The molecular formula is C21H22F3N5S2. The van der Waals surface area contributed by atoms with E-state index in [4.69, 9.17) is 0 Å². The first-order chi connectivity index (χ1) is 14.9. The van der Waals surface area contributed by atoms with Crippen molar-refractivity contribution in [3.05, 3.63) is 34.9 Å². The molecule has 31 heavy (non-hydrogen) atoms. The monoisotopic (exact) mass is 465 g/mol. The van der Waals surface area contributed by atoms with E-state index < -0.39 is 11.7 Å². The molecule has 2 N–H and O–H groups in total. The van der Waals surface area contributed by atoms with Crippen LogP contribution in [0.4, 0.5) is 18.3 Å². The van der Waals surface area contributed by atoms with Crippen LogP contribution in [0.5, 0.6) is 0 Å². The first-order valence-corrected chi connectivity index (χ1v) is 12.3. The lowest BCUT2D eigenvalue weighted by atomic mass is 9.98. The number of pyridine rings is 1. The first-order valence-electron chi connectivity index (χ1n) is 10.3. The minimum absolute atomic E-state index is 0.0139. The van der Waals surface area contributed by atoms with Crippen LogP contribution in [0, 0.1) is 6.92 Å². The van der Waals surface area contributed by atoms with Crippen LogP contribution in [-0.2, 0) is 6.18 Å². The van der Waals surface area contributed by atoms with E-state index in [2.05, 4.69) is 25.8 Å². The molecule has 0 radical (unpaired) electrons.